The number of amides is 2. The molecule has 0 fully saturated rings. The van der Waals surface area contributed by atoms with Gasteiger partial charge in [0.2, 0.25) is 0 Å². The summed E-state index contributed by atoms with van der Waals surface area (Å²) in [6.45, 7) is 1.97. The fourth-order valence-electron chi connectivity index (χ4n) is 4.32. The van der Waals surface area contributed by atoms with Crippen molar-refractivity contribution in [1.29, 1.82) is 0 Å². The molecule has 0 aliphatic rings. The quantitative estimate of drug-likeness (QED) is 0.182. The molecule has 162 valence electrons. The number of hydrogen-bond donors (Lipinski definition) is 2. The first-order chi connectivity index (χ1) is 16.0. The fourth-order valence-corrected chi connectivity index (χ4v) is 4.32. The van der Waals surface area contributed by atoms with Crippen LogP contribution in [0, 0.1) is 10.1 Å². The van der Waals surface area contributed by atoms with Gasteiger partial charge in [0.05, 0.1) is 11.0 Å². The Morgan fingerprint density at radius 1 is 0.788 bits per heavy atom. The van der Waals surface area contributed by atoms with E-state index in [1.807, 2.05) is 61.5 Å². The van der Waals surface area contributed by atoms with Crippen molar-refractivity contribution in [1.82, 2.24) is 5.32 Å². The molecule has 0 aliphatic heterocycles. The number of nitrogens with zero attached hydrogens (tertiary/aromatic N) is 1. The predicted octanol–water partition coefficient (Wildman–Crippen LogP) is 6.94. The Morgan fingerprint density at radius 2 is 1.48 bits per heavy atom. The van der Waals surface area contributed by atoms with E-state index >= 15 is 0 Å². The molecule has 0 spiro atoms. The maximum Gasteiger partial charge on any atom is 0.319 e. The number of carbonyl (C=O) groups is 1. The number of nitrogens with one attached hydrogen (secondary N) is 2. The summed E-state index contributed by atoms with van der Waals surface area (Å²) in [5.41, 5.74) is 1.80. The third-order valence-corrected chi connectivity index (χ3v) is 5.93. The number of urea groups is 1. The van der Waals surface area contributed by atoms with Gasteiger partial charge in [-0.15, -0.1) is 0 Å². The van der Waals surface area contributed by atoms with E-state index in [0.717, 1.165) is 37.9 Å². The summed E-state index contributed by atoms with van der Waals surface area (Å²) >= 11 is 0. The second-order valence-corrected chi connectivity index (χ2v) is 8.05. The van der Waals surface area contributed by atoms with Gasteiger partial charge < -0.3 is 10.6 Å². The molecule has 0 saturated carbocycles. The number of non-ortho nitro benzene ring substituents is 1. The maximum absolute atomic E-state index is 12.7. The van der Waals surface area contributed by atoms with E-state index in [1.165, 1.54) is 6.07 Å². The summed E-state index contributed by atoms with van der Waals surface area (Å²) in [4.78, 5) is 23.3. The van der Waals surface area contributed by atoms with E-state index in [0.29, 0.717) is 5.69 Å². The minimum absolute atomic E-state index is 0.0668. The number of rotatable bonds is 4. The molecule has 5 rings (SSSR count). The smallest absolute Gasteiger partial charge is 0.319 e. The van der Waals surface area contributed by atoms with Crippen LogP contribution in [0.15, 0.2) is 91.0 Å². The zero-order chi connectivity index (χ0) is 22.9. The largest absolute Gasteiger partial charge is 0.331 e. The van der Waals surface area contributed by atoms with Crippen molar-refractivity contribution in [3.05, 3.63) is 107 Å². The average molecular weight is 435 g/mol. The molecule has 5 aromatic carbocycles. The summed E-state index contributed by atoms with van der Waals surface area (Å²) < 4.78 is 0. The minimum atomic E-state index is -0.394. The van der Waals surface area contributed by atoms with Crippen LogP contribution in [0.2, 0.25) is 0 Å². The van der Waals surface area contributed by atoms with Gasteiger partial charge in [-0.3, -0.25) is 10.1 Å². The Balaban J connectivity index is 1.37. The van der Waals surface area contributed by atoms with Crippen LogP contribution < -0.4 is 10.6 Å². The molecule has 2 N–H and O–H groups in total. The Hall–Kier alpha value is -4.45. The normalized spacial score (nSPS) is 12.0. The van der Waals surface area contributed by atoms with Crippen molar-refractivity contribution in [2.45, 2.75) is 13.0 Å². The Bertz CT molecular complexity index is 1540. The molecule has 33 heavy (non-hydrogen) atoms. The van der Waals surface area contributed by atoms with E-state index in [-0.39, 0.29) is 17.8 Å². The van der Waals surface area contributed by atoms with Gasteiger partial charge in [0.25, 0.3) is 5.69 Å². The third kappa shape index (κ3) is 3.94. The summed E-state index contributed by atoms with van der Waals surface area (Å²) in [5, 5.41) is 22.9. The van der Waals surface area contributed by atoms with Gasteiger partial charge in [0.15, 0.2) is 0 Å². The number of anilines is 1. The van der Waals surface area contributed by atoms with Crippen LogP contribution in [-0.2, 0) is 0 Å². The molecule has 1 unspecified atom stereocenters. The lowest BCUT2D eigenvalue weighted by Crippen LogP contribution is -2.31. The van der Waals surface area contributed by atoms with Crippen molar-refractivity contribution in [2.24, 2.45) is 0 Å². The topological polar surface area (TPSA) is 84.3 Å². The summed E-state index contributed by atoms with van der Waals surface area (Å²) in [5.74, 6) is 0. The van der Waals surface area contributed by atoms with Gasteiger partial charge in [-0.25, -0.2) is 4.79 Å². The highest BCUT2D eigenvalue weighted by Gasteiger charge is 2.13. The van der Waals surface area contributed by atoms with E-state index in [2.05, 4.69) is 28.8 Å². The molecule has 0 radical (unpaired) electrons. The number of hydrogen-bond acceptors (Lipinski definition) is 3. The van der Waals surface area contributed by atoms with E-state index in [9.17, 15) is 14.9 Å². The lowest BCUT2D eigenvalue weighted by Gasteiger charge is -2.17. The predicted molar refractivity (Wildman–Crippen MR) is 133 cm³/mol. The highest BCUT2D eigenvalue weighted by atomic mass is 16.6. The molecule has 6 heteroatoms. The molecule has 0 heterocycles. The van der Waals surface area contributed by atoms with Crippen molar-refractivity contribution >= 4 is 49.7 Å². The molecule has 0 bridgehead atoms. The van der Waals surface area contributed by atoms with Crippen LogP contribution in [0.25, 0.3) is 32.3 Å². The second kappa shape index (κ2) is 8.24. The number of nitro benzene ring substituents is 1. The zero-order valence-corrected chi connectivity index (χ0v) is 17.9. The number of fused-ring (bicyclic) bond motifs is 4. The number of nitro groups is 1. The van der Waals surface area contributed by atoms with E-state index < -0.39 is 4.92 Å². The van der Waals surface area contributed by atoms with Gasteiger partial charge in [-0.05, 0) is 63.0 Å². The van der Waals surface area contributed by atoms with Gasteiger partial charge in [-0.2, -0.15) is 0 Å². The van der Waals surface area contributed by atoms with Gasteiger partial charge in [0, 0.05) is 17.8 Å². The van der Waals surface area contributed by atoms with Crippen molar-refractivity contribution in [3.63, 3.8) is 0 Å². The minimum Gasteiger partial charge on any atom is -0.331 e. The maximum atomic E-state index is 12.7. The summed E-state index contributed by atoms with van der Waals surface area (Å²) in [6, 6.07) is 28.0. The lowest BCUT2D eigenvalue weighted by molar-refractivity contribution is -0.384. The Labute approximate surface area is 190 Å². The highest BCUT2D eigenvalue weighted by molar-refractivity contribution is 6.09. The first kappa shape index (κ1) is 20.5. The molecular weight excluding hydrogens is 414 g/mol. The molecular formula is C27H21N3O3. The molecule has 6 nitrogen and oxygen atoms in total. The van der Waals surface area contributed by atoms with Gasteiger partial charge in [0.1, 0.15) is 0 Å². The molecule has 2 amide bonds. The van der Waals surface area contributed by atoms with Crippen LogP contribution in [0.4, 0.5) is 16.2 Å². The molecule has 0 saturated heterocycles. The lowest BCUT2D eigenvalue weighted by atomic mass is 10.00. The third-order valence-electron chi connectivity index (χ3n) is 5.93. The van der Waals surface area contributed by atoms with Crippen LogP contribution >= 0.6 is 0 Å². The second-order valence-electron chi connectivity index (χ2n) is 8.05. The van der Waals surface area contributed by atoms with Crippen molar-refractivity contribution in [2.75, 3.05) is 5.32 Å². The van der Waals surface area contributed by atoms with Gasteiger partial charge >= 0.3 is 6.03 Å². The molecule has 1 atom stereocenters. The Kier molecular flexibility index (Phi) is 5.11. The average Bonchev–Trinajstić information content (AvgIpc) is 2.82. The zero-order valence-electron chi connectivity index (χ0n) is 17.9. The highest BCUT2D eigenvalue weighted by Crippen LogP contribution is 2.30. The SMILES string of the molecule is CC(NC(=O)Nc1ccc2c(ccc3cc([N+](=O)[O-])ccc32)c1)c1cccc2ccccc12. The summed E-state index contributed by atoms with van der Waals surface area (Å²) in [6.07, 6.45) is 0. The summed E-state index contributed by atoms with van der Waals surface area (Å²) in [7, 11) is 0. The van der Waals surface area contributed by atoms with Crippen LogP contribution in [-0.4, -0.2) is 11.0 Å². The number of carbonyl (C=O) groups excluding carboxylic acids is 1. The fraction of sp³-hybridized carbons (Fsp3) is 0.0741. The first-order valence-corrected chi connectivity index (χ1v) is 10.7. The van der Waals surface area contributed by atoms with Crippen molar-refractivity contribution < 1.29 is 9.72 Å². The van der Waals surface area contributed by atoms with E-state index in [4.69, 9.17) is 0 Å². The molecule has 0 aliphatic carbocycles. The molecule has 0 aromatic heterocycles. The Morgan fingerprint density at radius 3 is 2.27 bits per heavy atom. The number of benzene rings is 5. The van der Waals surface area contributed by atoms with E-state index in [1.54, 1.807) is 12.1 Å². The van der Waals surface area contributed by atoms with Crippen LogP contribution in [0.1, 0.15) is 18.5 Å². The standard InChI is InChI=1S/C27H21N3O3/c1-17(23-8-4-6-18-5-2-3-7-24(18)23)28-27(31)29-21-11-13-25-19(15-21)9-10-20-16-22(30(32)33)12-14-26(20)25/h2-17H,1H3,(H2,28,29,31). The molecule has 5 aromatic rings. The monoisotopic (exact) mass is 435 g/mol. The van der Waals surface area contributed by atoms with Crippen LogP contribution in [0.3, 0.4) is 0 Å². The van der Waals surface area contributed by atoms with Crippen molar-refractivity contribution in [3.8, 4) is 0 Å². The van der Waals surface area contributed by atoms with Crippen LogP contribution in [0.5, 0.6) is 0 Å². The first-order valence-electron chi connectivity index (χ1n) is 10.7. The van der Waals surface area contributed by atoms with Gasteiger partial charge in [-0.1, -0.05) is 60.7 Å².